The molecule has 0 aliphatic heterocycles. The lowest BCUT2D eigenvalue weighted by Gasteiger charge is -2.16. The SMILES string of the molecule is COc1cc(/C=N\n2c(C(C)(C)C)n[nH]c2=S)ccc1OCC(C)C. The molecule has 0 fully saturated rings. The summed E-state index contributed by atoms with van der Waals surface area (Å²) in [5, 5.41) is 11.6. The van der Waals surface area contributed by atoms with Gasteiger partial charge in [0, 0.05) is 5.41 Å². The van der Waals surface area contributed by atoms with Gasteiger partial charge in [0.05, 0.1) is 19.9 Å². The third kappa shape index (κ3) is 4.92. The number of nitrogens with zero attached hydrogens (tertiary/aromatic N) is 3. The van der Waals surface area contributed by atoms with E-state index in [9.17, 15) is 0 Å². The molecule has 1 aromatic heterocycles. The van der Waals surface area contributed by atoms with Gasteiger partial charge in [-0.1, -0.05) is 34.6 Å². The van der Waals surface area contributed by atoms with Crippen LogP contribution in [-0.2, 0) is 5.41 Å². The second kappa shape index (κ2) is 7.82. The average molecular weight is 362 g/mol. The van der Waals surface area contributed by atoms with Gasteiger partial charge >= 0.3 is 0 Å². The molecule has 1 N–H and O–H groups in total. The Balaban J connectivity index is 2.28. The standard InChI is InChI=1S/C18H26N4O2S/c1-12(2)11-24-14-8-7-13(9-15(14)23-6)10-19-22-16(18(3,4)5)20-21-17(22)25/h7-10,12H,11H2,1-6H3,(H,21,25)/b19-10-. The van der Waals surface area contributed by atoms with Gasteiger partial charge < -0.3 is 9.47 Å². The summed E-state index contributed by atoms with van der Waals surface area (Å²) < 4.78 is 13.3. The van der Waals surface area contributed by atoms with Crippen molar-refractivity contribution in [2.45, 2.75) is 40.0 Å². The highest BCUT2D eigenvalue weighted by atomic mass is 32.1. The van der Waals surface area contributed by atoms with Crippen molar-refractivity contribution in [3.8, 4) is 11.5 Å². The Labute approximate surface area is 153 Å². The number of methoxy groups -OCH3 is 1. The van der Waals surface area contributed by atoms with Gasteiger partial charge in [-0.05, 0) is 41.9 Å². The maximum absolute atomic E-state index is 5.77. The number of rotatable bonds is 6. The summed E-state index contributed by atoms with van der Waals surface area (Å²) in [5.74, 6) is 2.63. The van der Waals surface area contributed by atoms with Crippen molar-refractivity contribution < 1.29 is 9.47 Å². The molecular weight excluding hydrogens is 336 g/mol. The zero-order valence-corrected chi connectivity index (χ0v) is 16.5. The van der Waals surface area contributed by atoms with E-state index >= 15 is 0 Å². The minimum absolute atomic E-state index is 0.170. The summed E-state index contributed by atoms with van der Waals surface area (Å²) in [5.41, 5.74) is 0.716. The van der Waals surface area contributed by atoms with Crippen LogP contribution in [0.15, 0.2) is 23.3 Å². The molecule has 1 heterocycles. The first-order valence-electron chi connectivity index (χ1n) is 8.25. The topological polar surface area (TPSA) is 64.4 Å². The average Bonchev–Trinajstić information content (AvgIpc) is 2.92. The molecule has 136 valence electrons. The summed E-state index contributed by atoms with van der Waals surface area (Å²) in [6.45, 7) is 11.0. The van der Waals surface area contributed by atoms with E-state index < -0.39 is 0 Å². The number of hydrogen-bond acceptors (Lipinski definition) is 5. The maximum atomic E-state index is 5.77. The fourth-order valence-corrected chi connectivity index (χ4v) is 2.33. The first kappa shape index (κ1) is 19.2. The van der Waals surface area contributed by atoms with Gasteiger partial charge in [-0.3, -0.25) is 5.10 Å². The van der Waals surface area contributed by atoms with Crippen LogP contribution in [0.25, 0.3) is 0 Å². The largest absolute Gasteiger partial charge is 0.493 e. The lowest BCUT2D eigenvalue weighted by Crippen LogP contribution is -2.17. The van der Waals surface area contributed by atoms with Gasteiger partial charge in [-0.15, -0.1) is 0 Å². The smallest absolute Gasteiger partial charge is 0.216 e. The first-order chi connectivity index (χ1) is 11.7. The molecule has 6 nitrogen and oxygen atoms in total. The minimum Gasteiger partial charge on any atom is -0.493 e. The van der Waals surface area contributed by atoms with Crippen molar-refractivity contribution in [1.82, 2.24) is 14.9 Å². The van der Waals surface area contributed by atoms with Gasteiger partial charge in [0.2, 0.25) is 4.77 Å². The van der Waals surface area contributed by atoms with Crippen molar-refractivity contribution >= 4 is 18.4 Å². The Hall–Kier alpha value is -2.15. The van der Waals surface area contributed by atoms with Gasteiger partial charge in [0.15, 0.2) is 17.3 Å². The van der Waals surface area contributed by atoms with Crippen LogP contribution < -0.4 is 9.47 Å². The quantitative estimate of drug-likeness (QED) is 0.619. The highest BCUT2D eigenvalue weighted by Gasteiger charge is 2.21. The number of ether oxygens (including phenoxy) is 2. The molecule has 0 amide bonds. The Morgan fingerprint density at radius 1 is 1.32 bits per heavy atom. The van der Waals surface area contributed by atoms with Crippen LogP contribution in [0.5, 0.6) is 11.5 Å². The summed E-state index contributed by atoms with van der Waals surface area (Å²) in [7, 11) is 1.63. The van der Waals surface area contributed by atoms with Gasteiger partial charge in [-0.25, -0.2) is 0 Å². The van der Waals surface area contributed by atoms with Crippen molar-refractivity contribution in [1.29, 1.82) is 0 Å². The van der Waals surface area contributed by atoms with E-state index in [1.807, 2.05) is 18.2 Å². The Kier molecular flexibility index (Phi) is 6.00. The number of aromatic amines is 1. The van der Waals surface area contributed by atoms with E-state index in [4.69, 9.17) is 21.7 Å². The van der Waals surface area contributed by atoms with E-state index in [0.717, 1.165) is 17.1 Å². The second-order valence-corrected chi connectivity index (χ2v) is 7.66. The molecule has 0 radical (unpaired) electrons. The molecule has 0 saturated heterocycles. The van der Waals surface area contributed by atoms with Crippen LogP contribution >= 0.6 is 12.2 Å². The van der Waals surface area contributed by atoms with E-state index in [0.29, 0.717) is 23.0 Å². The molecule has 0 atom stereocenters. The third-order valence-corrected chi connectivity index (χ3v) is 3.67. The summed E-state index contributed by atoms with van der Waals surface area (Å²) >= 11 is 5.27. The van der Waals surface area contributed by atoms with Crippen LogP contribution in [0.3, 0.4) is 0 Å². The van der Waals surface area contributed by atoms with Crippen LogP contribution in [-0.4, -0.2) is 34.8 Å². The highest BCUT2D eigenvalue weighted by Crippen LogP contribution is 2.28. The molecular formula is C18H26N4O2S. The predicted octanol–water partition coefficient (Wildman–Crippen LogP) is 4.16. The molecule has 0 saturated carbocycles. The fraction of sp³-hybridized carbons (Fsp3) is 0.500. The lowest BCUT2D eigenvalue weighted by molar-refractivity contribution is 0.257. The predicted molar refractivity (Wildman–Crippen MR) is 102 cm³/mol. The molecule has 0 aliphatic carbocycles. The minimum atomic E-state index is -0.170. The maximum Gasteiger partial charge on any atom is 0.216 e. The molecule has 0 spiro atoms. The zero-order valence-electron chi connectivity index (χ0n) is 15.7. The third-order valence-electron chi connectivity index (χ3n) is 3.40. The number of H-pyrrole nitrogens is 1. The fourth-order valence-electron chi connectivity index (χ4n) is 2.15. The Morgan fingerprint density at radius 2 is 2.04 bits per heavy atom. The molecule has 0 unspecified atom stereocenters. The monoisotopic (exact) mass is 362 g/mol. The van der Waals surface area contributed by atoms with Crippen LogP contribution in [0, 0.1) is 10.7 Å². The lowest BCUT2D eigenvalue weighted by atomic mass is 9.96. The van der Waals surface area contributed by atoms with Gasteiger partial charge in [0.1, 0.15) is 0 Å². The van der Waals surface area contributed by atoms with E-state index in [2.05, 4.69) is 49.9 Å². The van der Waals surface area contributed by atoms with Gasteiger partial charge in [-0.2, -0.15) is 14.9 Å². The number of aromatic nitrogens is 3. The Morgan fingerprint density at radius 3 is 2.64 bits per heavy atom. The Bertz CT molecular complexity index is 800. The molecule has 0 aliphatic rings. The molecule has 1 aromatic carbocycles. The number of benzene rings is 1. The van der Waals surface area contributed by atoms with Crippen molar-refractivity contribution in [2.24, 2.45) is 11.0 Å². The normalized spacial score (nSPS) is 12.1. The zero-order chi connectivity index (χ0) is 18.6. The second-order valence-electron chi connectivity index (χ2n) is 7.27. The number of nitrogens with one attached hydrogen (secondary N) is 1. The first-order valence-corrected chi connectivity index (χ1v) is 8.66. The van der Waals surface area contributed by atoms with E-state index in [1.54, 1.807) is 18.0 Å². The van der Waals surface area contributed by atoms with Gasteiger partial charge in [0.25, 0.3) is 0 Å². The molecule has 2 rings (SSSR count). The molecule has 0 bridgehead atoms. The summed E-state index contributed by atoms with van der Waals surface area (Å²) in [4.78, 5) is 0. The van der Waals surface area contributed by atoms with Crippen molar-refractivity contribution in [2.75, 3.05) is 13.7 Å². The summed E-state index contributed by atoms with van der Waals surface area (Å²) in [6.07, 6.45) is 1.73. The van der Waals surface area contributed by atoms with Crippen molar-refractivity contribution in [3.05, 3.63) is 34.4 Å². The van der Waals surface area contributed by atoms with Crippen molar-refractivity contribution in [3.63, 3.8) is 0 Å². The van der Waals surface area contributed by atoms with Crippen LogP contribution in [0.4, 0.5) is 0 Å². The molecule has 7 heteroatoms. The highest BCUT2D eigenvalue weighted by molar-refractivity contribution is 7.71. The summed E-state index contributed by atoms with van der Waals surface area (Å²) in [6, 6.07) is 5.71. The van der Waals surface area contributed by atoms with E-state index in [-0.39, 0.29) is 5.41 Å². The van der Waals surface area contributed by atoms with E-state index in [1.165, 1.54) is 0 Å². The van der Waals surface area contributed by atoms with Crippen LogP contribution in [0.1, 0.15) is 46.0 Å². The van der Waals surface area contributed by atoms with Crippen LogP contribution in [0.2, 0.25) is 0 Å². The molecule has 2 aromatic rings. The number of hydrogen-bond donors (Lipinski definition) is 1. The molecule has 25 heavy (non-hydrogen) atoms.